The van der Waals surface area contributed by atoms with Crippen molar-refractivity contribution >= 4 is 28.5 Å². The summed E-state index contributed by atoms with van der Waals surface area (Å²) in [5, 5.41) is 2.97. The summed E-state index contributed by atoms with van der Waals surface area (Å²) in [4.78, 5) is 47.4. The minimum atomic E-state index is -0.501. The van der Waals surface area contributed by atoms with E-state index in [2.05, 4.69) is 15.3 Å². The van der Waals surface area contributed by atoms with Crippen LogP contribution in [0.15, 0.2) is 65.8 Å². The zero-order chi connectivity index (χ0) is 25.2. The number of rotatable bonds is 7. The molecular formula is C27H30N6O3. The smallest absolute Gasteiger partial charge is 0.326 e. The predicted octanol–water partition coefficient (Wildman–Crippen LogP) is 3.62. The SMILES string of the molecule is Cc1cn(-c2ccc(NC(=O)[C@H]3CC[C@@H](C)N3C(=O)CCCn3c(=O)[nH]c4ccccc43)cc2)cn1. The Kier molecular flexibility index (Phi) is 6.45. The first-order valence-corrected chi connectivity index (χ1v) is 12.3. The van der Waals surface area contributed by atoms with E-state index in [0.717, 1.165) is 28.8 Å². The van der Waals surface area contributed by atoms with Gasteiger partial charge < -0.3 is 19.8 Å². The maximum atomic E-state index is 13.1. The van der Waals surface area contributed by atoms with Crippen LogP contribution in [0.2, 0.25) is 0 Å². The average Bonchev–Trinajstić information content (AvgIpc) is 3.56. The number of imidazole rings is 2. The Morgan fingerprint density at radius 3 is 2.64 bits per heavy atom. The van der Waals surface area contributed by atoms with E-state index >= 15 is 0 Å². The number of amides is 2. The van der Waals surface area contributed by atoms with Gasteiger partial charge in [0.25, 0.3) is 0 Å². The van der Waals surface area contributed by atoms with Gasteiger partial charge in [-0.2, -0.15) is 0 Å². The van der Waals surface area contributed by atoms with Crippen LogP contribution >= 0.6 is 0 Å². The third-order valence-corrected chi connectivity index (χ3v) is 6.86. The number of carbonyl (C=O) groups excluding carboxylic acids is 2. The number of carbonyl (C=O) groups is 2. The van der Waals surface area contributed by atoms with Crippen LogP contribution in [-0.2, 0) is 16.1 Å². The standard InChI is InChI=1S/C27H30N6O3/c1-18-16-31(17-28-18)21-12-10-20(11-13-21)29-26(35)24-14-9-19(2)33(24)25(34)8-5-15-32-23-7-4-3-6-22(23)30-27(32)36/h3-4,6-7,10-13,16-17,19,24H,5,8-9,14-15H2,1-2H3,(H,29,35)(H,30,36)/t19-,24-/m1/s1. The fourth-order valence-corrected chi connectivity index (χ4v) is 5.01. The molecular weight excluding hydrogens is 456 g/mol. The van der Waals surface area contributed by atoms with Crippen molar-refractivity contribution in [2.24, 2.45) is 0 Å². The van der Waals surface area contributed by atoms with Crippen LogP contribution in [0.25, 0.3) is 16.7 Å². The van der Waals surface area contributed by atoms with E-state index in [1.807, 2.05) is 73.1 Å². The monoisotopic (exact) mass is 486 g/mol. The summed E-state index contributed by atoms with van der Waals surface area (Å²) in [6.45, 7) is 4.36. The van der Waals surface area contributed by atoms with Crippen LogP contribution in [0, 0.1) is 6.92 Å². The normalized spacial score (nSPS) is 17.6. The maximum Gasteiger partial charge on any atom is 0.326 e. The molecule has 1 aliphatic heterocycles. The molecule has 36 heavy (non-hydrogen) atoms. The molecule has 0 aliphatic carbocycles. The van der Waals surface area contributed by atoms with Crippen molar-refractivity contribution in [3.63, 3.8) is 0 Å². The summed E-state index contributed by atoms with van der Waals surface area (Å²) in [6.07, 6.45) is 5.90. The van der Waals surface area contributed by atoms with Gasteiger partial charge in [-0.25, -0.2) is 9.78 Å². The first-order valence-electron chi connectivity index (χ1n) is 12.3. The van der Waals surface area contributed by atoms with Crippen molar-refractivity contribution in [2.75, 3.05) is 5.32 Å². The number of hydrogen-bond donors (Lipinski definition) is 2. The Bertz CT molecular complexity index is 1450. The fourth-order valence-electron chi connectivity index (χ4n) is 5.01. The quantitative estimate of drug-likeness (QED) is 0.416. The first kappa shape index (κ1) is 23.6. The van der Waals surface area contributed by atoms with E-state index in [9.17, 15) is 14.4 Å². The number of H-pyrrole nitrogens is 1. The molecule has 9 nitrogen and oxygen atoms in total. The summed E-state index contributed by atoms with van der Waals surface area (Å²) >= 11 is 0. The van der Waals surface area contributed by atoms with Crippen molar-refractivity contribution < 1.29 is 9.59 Å². The predicted molar refractivity (Wildman–Crippen MR) is 138 cm³/mol. The molecule has 4 aromatic rings. The van der Waals surface area contributed by atoms with Gasteiger partial charge in [0.2, 0.25) is 11.8 Å². The maximum absolute atomic E-state index is 13.1. The van der Waals surface area contributed by atoms with Gasteiger partial charge >= 0.3 is 5.69 Å². The minimum absolute atomic E-state index is 0.00378. The summed E-state index contributed by atoms with van der Waals surface area (Å²) < 4.78 is 3.58. The Morgan fingerprint density at radius 1 is 1.11 bits per heavy atom. The number of likely N-dealkylation sites (tertiary alicyclic amines) is 1. The lowest BCUT2D eigenvalue weighted by Gasteiger charge is -2.28. The molecule has 0 spiro atoms. The summed E-state index contributed by atoms with van der Waals surface area (Å²) in [6, 6.07) is 14.6. The number of hydrogen-bond acceptors (Lipinski definition) is 4. The molecule has 2 N–H and O–H groups in total. The van der Waals surface area contributed by atoms with Crippen LogP contribution < -0.4 is 11.0 Å². The molecule has 2 atom stereocenters. The van der Waals surface area contributed by atoms with Gasteiger partial charge in [0.1, 0.15) is 6.04 Å². The second kappa shape index (κ2) is 9.85. The second-order valence-electron chi connectivity index (χ2n) is 9.40. The van der Waals surface area contributed by atoms with Gasteiger partial charge in [0.05, 0.1) is 23.1 Å². The largest absolute Gasteiger partial charge is 0.328 e. The lowest BCUT2D eigenvalue weighted by molar-refractivity contribution is -0.138. The molecule has 186 valence electrons. The summed E-state index contributed by atoms with van der Waals surface area (Å²) in [5.74, 6) is -0.231. The van der Waals surface area contributed by atoms with E-state index < -0.39 is 6.04 Å². The highest BCUT2D eigenvalue weighted by atomic mass is 16.2. The van der Waals surface area contributed by atoms with Gasteiger partial charge in [-0.1, -0.05) is 12.1 Å². The zero-order valence-corrected chi connectivity index (χ0v) is 20.5. The molecule has 0 radical (unpaired) electrons. The zero-order valence-electron chi connectivity index (χ0n) is 20.5. The molecule has 0 unspecified atom stereocenters. The van der Waals surface area contributed by atoms with Crippen molar-refractivity contribution in [1.29, 1.82) is 0 Å². The number of aryl methyl sites for hydroxylation is 2. The van der Waals surface area contributed by atoms with Gasteiger partial charge in [-0.3, -0.25) is 14.2 Å². The first-order chi connectivity index (χ1) is 17.4. The molecule has 9 heteroatoms. The van der Waals surface area contributed by atoms with Gasteiger partial charge in [-0.05, 0) is 69.5 Å². The average molecular weight is 487 g/mol. The number of fused-ring (bicyclic) bond motifs is 1. The van der Waals surface area contributed by atoms with Crippen molar-refractivity contribution in [2.45, 2.75) is 58.2 Å². The van der Waals surface area contributed by atoms with Crippen molar-refractivity contribution in [3.8, 4) is 5.69 Å². The minimum Gasteiger partial charge on any atom is -0.328 e. The van der Waals surface area contributed by atoms with E-state index in [0.29, 0.717) is 25.1 Å². The van der Waals surface area contributed by atoms with Gasteiger partial charge in [-0.15, -0.1) is 0 Å². The molecule has 2 aromatic carbocycles. The molecule has 2 aromatic heterocycles. The highest BCUT2D eigenvalue weighted by Crippen LogP contribution is 2.27. The van der Waals surface area contributed by atoms with Gasteiger partial charge in [0, 0.05) is 36.6 Å². The van der Waals surface area contributed by atoms with E-state index in [-0.39, 0.29) is 30.0 Å². The Hall–Kier alpha value is -4.14. The molecule has 1 fully saturated rings. The number of aromatic nitrogens is 4. The lowest BCUT2D eigenvalue weighted by atomic mass is 10.1. The van der Waals surface area contributed by atoms with E-state index in [4.69, 9.17) is 0 Å². The molecule has 0 saturated carbocycles. The van der Waals surface area contributed by atoms with E-state index in [1.54, 1.807) is 15.8 Å². The molecule has 3 heterocycles. The number of benzene rings is 2. The number of aromatic amines is 1. The van der Waals surface area contributed by atoms with Crippen LogP contribution in [0.4, 0.5) is 5.69 Å². The number of anilines is 1. The topological polar surface area (TPSA) is 105 Å². The number of nitrogens with zero attached hydrogens (tertiary/aromatic N) is 4. The van der Waals surface area contributed by atoms with Crippen LogP contribution in [0.1, 0.15) is 38.3 Å². The highest BCUT2D eigenvalue weighted by molar-refractivity contribution is 5.97. The Morgan fingerprint density at radius 2 is 1.89 bits per heavy atom. The number of nitrogens with one attached hydrogen (secondary N) is 2. The molecule has 1 aliphatic rings. The highest BCUT2D eigenvalue weighted by Gasteiger charge is 2.38. The van der Waals surface area contributed by atoms with Crippen LogP contribution in [0.3, 0.4) is 0 Å². The number of para-hydroxylation sites is 2. The second-order valence-corrected chi connectivity index (χ2v) is 9.40. The van der Waals surface area contributed by atoms with Crippen LogP contribution in [-0.4, -0.2) is 47.9 Å². The van der Waals surface area contributed by atoms with Crippen molar-refractivity contribution in [3.05, 3.63) is 77.2 Å². The van der Waals surface area contributed by atoms with E-state index in [1.165, 1.54) is 0 Å². The Balaban J connectivity index is 1.20. The third kappa shape index (κ3) is 4.68. The summed E-state index contributed by atoms with van der Waals surface area (Å²) in [5.41, 5.74) is 4.01. The lowest BCUT2D eigenvalue weighted by Crippen LogP contribution is -2.46. The molecule has 5 rings (SSSR count). The van der Waals surface area contributed by atoms with Crippen molar-refractivity contribution in [1.82, 2.24) is 24.0 Å². The third-order valence-electron chi connectivity index (χ3n) is 6.86. The van der Waals surface area contributed by atoms with Gasteiger partial charge in [0.15, 0.2) is 0 Å². The summed E-state index contributed by atoms with van der Waals surface area (Å²) in [7, 11) is 0. The Labute approximate surface area is 208 Å². The fraction of sp³-hybridized carbons (Fsp3) is 0.333. The molecule has 2 amide bonds. The molecule has 0 bridgehead atoms. The van der Waals surface area contributed by atoms with Crippen LogP contribution in [0.5, 0.6) is 0 Å². The molecule has 1 saturated heterocycles.